The van der Waals surface area contributed by atoms with Crippen LogP contribution < -0.4 is 5.73 Å². The van der Waals surface area contributed by atoms with E-state index in [2.05, 4.69) is 0 Å². The van der Waals surface area contributed by atoms with Crippen LogP contribution in [0, 0.1) is 0 Å². The Kier molecular flexibility index (Phi) is 5.56. The van der Waals surface area contributed by atoms with E-state index in [0.29, 0.717) is 19.5 Å². The summed E-state index contributed by atoms with van der Waals surface area (Å²) in [5, 5.41) is 8.49. The maximum Gasteiger partial charge on any atom is 0.314 e. The van der Waals surface area contributed by atoms with Gasteiger partial charge in [-0.25, -0.2) is 4.79 Å². The number of nitrogens with zero attached hydrogens (tertiary/aromatic N) is 1. The van der Waals surface area contributed by atoms with Crippen molar-refractivity contribution < 1.29 is 9.90 Å². The second kappa shape index (κ2) is 5.97. The molecule has 0 bridgehead atoms. The quantitative estimate of drug-likeness (QED) is 0.601. The number of amides is 2. The van der Waals surface area contributed by atoms with Crippen molar-refractivity contribution in [3.05, 3.63) is 0 Å². The van der Waals surface area contributed by atoms with Crippen LogP contribution in [0.4, 0.5) is 4.79 Å². The number of primary amides is 1. The average molecular weight is 160 g/mol. The Labute approximate surface area is 67.0 Å². The highest BCUT2D eigenvalue weighted by Crippen LogP contribution is 1.92. The molecule has 0 fully saturated rings. The van der Waals surface area contributed by atoms with Gasteiger partial charge in [0.15, 0.2) is 0 Å². The van der Waals surface area contributed by atoms with Crippen LogP contribution in [0.1, 0.15) is 19.8 Å². The number of carbonyl (C=O) groups excluding carboxylic acids is 1. The zero-order valence-corrected chi connectivity index (χ0v) is 6.92. The van der Waals surface area contributed by atoms with E-state index in [9.17, 15) is 4.79 Å². The van der Waals surface area contributed by atoms with Gasteiger partial charge in [-0.3, -0.25) is 0 Å². The highest BCUT2D eigenvalue weighted by Gasteiger charge is 2.05. The van der Waals surface area contributed by atoms with Crippen molar-refractivity contribution in [2.75, 3.05) is 19.7 Å². The molecule has 0 atom stereocenters. The van der Waals surface area contributed by atoms with Crippen LogP contribution in [0.3, 0.4) is 0 Å². The van der Waals surface area contributed by atoms with Gasteiger partial charge < -0.3 is 15.7 Å². The summed E-state index contributed by atoms with van der Waals surface area (Å²) in [5.74, 6) is 0. The first-order chi connectivity index (χ1) is 5.22. The lowest BCUT2D eigenvalue weighted by Gasteiger charge is -2.18. The third-order valence-electron chi connectivity index (χ3n) is 1.39. The molecule has 66 valence electrons. The fourth-order valence-corrected chi connectivity index (χ4v) is 0.864. The molecule has 4 nitrogen and oxygen atoms in total. The predicted octanol–water partition coefficient (Wildman–Crippen LogP) is 0.160. The lowest BCUT2D eigenvalue weighted by molar-refractivity contribution is 0.198. The van der Waals surface area contributed by atoms with Gasteiger partial charge in [0.1, 0.15) is 0 Å². The fraction of sp³-hybridized carbons (Fsp3) is 0.857. The summed E-state index contributed by atoms with van der Waals surface area (Å²) < 4.78 is 0. The number of hydrogen-bond donors (Lipinski definition) is 2. The van der Waals surface area contributed by atoms with Crippen molar-refractivity contribution in [3.8, 4) is 0 Å². The van der Waals surface area contributed by atoms with Crippen LogP contribution in [-0.4, -0.2) is 35.7 Å². The highest BCUT2D eigenvalue weighted by molar-refractivity contribution is 5.71. The molecule has 0 aliphatic heterocycles. The van der Waals surface area contributed by atoms with Crippen LogP contribution >= 0.6 is 0 Å². The molecule has 0 saturated heterocycles. The van der Waals surface area contributed by atoms with E-state index >= 15 is 0 Å². The lowest BCUT2D eigenvalue weighted by Crippen LogP contribution is -2.37. The summed E-state index contributed by atoms with van der Waals surface area (Å²) >= 11 is 0. The van der Waals surface area contributed by atoms with Gasteiger partial charge in [-0.2, -0.15) is 0 Å². The van der Waals surface area contributed by atoms with Crippen molar-refractivity contribution in [3.63, 3.8) is 0 Å². The molecular weight excluding hydrogens is 144 g/mol. The predicted molar refractivity (Wildman–Crippen MR) is 43.2 cm³/mol. The molecule has 0 saturated carbocycles. The molecule has 2 amide bonds. The van der Waals surface area contributed by atoms with Crippen molar-refractivity contribution in [1.82, 2.24) is 4.90 Å². The van der Waals surface area contributed by atoms with Gasteiger partial charge in [-0.15, -0.1) is 0 Å². The molecule has 3 N–H and O–H groups in total. The summed E-state index contributed by atoms with van der Waals surface area (Å²) in [6.45, 7) is 3.32. The van der Waals surface area contributed by atoms with Crippen LogP contribution in [0.15, 0.2) is 0 Å². The second-order valence-corrected chi connectivity index (χ2v) is 2.40. The van der Waals surface area contributed by atoms with Gasteiger partial charge in [-0.05, 0) is 12.8 Å². The van der Waals surface area contributed by atoms with Crippen LogP contribution in [0.2, 0.25) is 0 Å². The Bertz CT molecular complexity index is 117. The lowest BCUT2D eigenvalue weighted by atomic mass is 10.3. The van der Waals surface area contributed by atoms with E-state index in [1.807, 2.05) is 6.92 Å². The average Bonchev–Trinajstić information content (AvgIpc) is 1.97. The van der Waals surface area contributed by atoms with Crippen molar-refractivity contribution in [1.29, 1.82) is 0 Å². The summed E-state index contributed by atoms with van der Waals surface area (Å²) in [6, 6.07) is -0.402. The molecule has 0 heterocycles. The first-order valence-electron chi connectivity index (χ1n) is 3.87. The highest BCUT2D eigenvalue weighted by atomic mass is 16.3. The molecule has 0 radical (unpaired) electrons. The number of urea groups is 1. The van der Waals surface area contributed by atoms with Gasteiger partial charge in [0.2, 0.25) is 0 Å². The first kappa shape index (κ1) is 10.2. The largest absolute Gasteiger partial charge is 0.396 e. The van der Waals surface area contributed by atoms with Crippen LogP contribution in [-0.2, 0) is 0 Å². The second-order valence-electron chi connectivity index (χ2n) is 2.40. The van der Waals surface area contributed by atoms with Gasteiger partial charge in [0, 0.05) is 19.7 Å². The molecule has 11 heavy (non-hydrogen) atoms. The van der Waals surface area contributed by atoms with E-state index < -0.39 is 6.03 Å². The molecule has 0 aromatic carbocycles. The third-order valence-corrected chi connectivity index (χ3v) is 1.39. The number of hydrogen-bond acceptors (Lipinski definition) is 2. The molecule has 4 heteroatoms. The van der Waals surface area contributed by atoms with Gasteiger partial charge >= 0.3 is 6.03 Å². The molecular formula is C7H16N2O2. The minimum atomic E-state index is -0.402. The normalized spacial score (nSPS) is 9.64. The zero-order chi connectivity index (χ0) is 8.69. The molecule has 0 rings (SSSR count). The Hall–Kier alpha value is -0.770. The summed E-state index contributed by atoms with van der Waals surface area (Å²) in [4.78, 5) is 12.2. The molecule has 0 aliphatic rings. The SMILES string of the molecule is CCCN(CCCO)C(N)=O. The monoisotopic (exact) mass is 160 g/mol. The standard InChI is InChI=1S/C7H16N2O2/c1-2-4-9(7(8)11)5-3-6-10/h10H,2-6H2,1H3,(H2,8,11). The fourth-order valence-electron chi connectivity index (χ4n) is 0.864. The van der Waals surface area contributed by atoms with E-state index in [0.717, 1.165) is 6.42 Å². The Morgan fingerprint density at radius 3 is 2.55 bits per heavy atom. The zero-order valence-electron chi connectivity index (χ0n) is 6.92. The number of carbonyl (C=O) groups is 1. The number of rotatable bonds is 5. The molecule has 0 spiro atoms. The summed E-state index contributed by atoms with van der Waals surface area (Å²) in [6.07, 6.45) is 1.50. The molecule has 0 aromatic heterocycles. The Morgan fingerprint density at radius 2 is 2.18 bits per heavy atom. The van der Waals surface area contributed by atoms with Crippen molar-refractivity contribution in [2.24, 2.45) is 5.73 Å². The van der Waals surface area contributed by atoms with Crippen molar-refractivity contribution >= 4 is 6.03 Å². The smallest absolute Gasteiger partial charge is 0.314 e. The molecule has 0 aliphatic carbocycles. The van der Waals surface area contributed by atoms with Crippen molar-refractivity contribution in [2.45, 2.75) is 19.8 Å². The molecule has 0 unspecified atom stereocenters. The number of nitrogens with two attached hydrogens (primary N) is 1. The topological polar surface area (TPSA) is 66.6 Å². The Balaban J connectivity index is 3.60. The Morgan fingerprint density at radius 1 is 1.55 bits per heavy atom. The molecule has 0 aromatic rings. The summed E-state index contributed by atoms with van der Waals surface area (Å²) in [5.41, 5.74) is 5.07. The number of aliphatic hydroxyl groups is 1. The van der Waals surface area contributed by atoms with Crippen LogP contribution in [0.25, 0.3) is 0 Å². The minimum absolute atomic E-state index is 0.105. The summed E-state index contributed by atoms with van der Waals surface area (Å²) in [7, 11) is 0. The van der Waals surface area contributed by atoms with Gasteiger partial charge in [-0.1, -0.05) is 6.92 Å². The van der Waals surface area contributed by atoms with E-state index in [4.69, 9.17) is 10.8 Å². The van der Waals surface area contributed by atoms with Gasteiger partial charge in [0.05, 0.1) is 0 Å². The van der Waals surface area contributed by atoms with E-state index in [1.54, 1.807) is 0 Å². The van der Waals surface area contributed by atoms with Gasteiger partial charge in [0.25, 0.3) is 0 Å². The number of aliphatic hydroxyl groups excluding tert-OH is 1. The minimum Gasteiger partial charge on any atom is -0.396 e. The van der Waals surface area contributed by atoms with E-state index in [-0.39, 0.29) is 6.61 Å². The first-order valence-corrected chi connectivity index (χ1v) is 3.87. The van der Waals surface area contributed by atoms with Crippen LogP contribution in [0.5, 0.6) is 0 Å². The third kappa shape index (κ3) is 4.61. The maximum atomic E-state index is 10.7. The maximum absolute atomic E-state index is 10.7. The van der Waals surface area contributed by atoms with E-state index in [1.165, 1.54) is 4.90 Å².